The molecule has 27 heavy (non-hydrogen) atoms. The van der Waals surface area contributed by atoms with Crippen LogP contribution in [-0.4, -0.2) is 52.0 Å². The molecule has 0 atom stereocenters. The SMILES string of the molecule is Cc1ccc(CCN2CCN(c3nc(-c4cc(Cl)ccn4)ns3)CC2)cc1. The van der Waals surface area contributed by atoms with E-state index in [2.05, 4.69) is 55.3 Å². The van der Waals surface area contributed by atoms with Gasteiger partial charge in [0, 0.05) is 55.5 Å². The number of benzene rings is 1. The summed E-state index contributed by atoms with van der Waals surface area (Å²) in [6.45, 7) is 7.29. The predicted octanol–water partition coefficient (Wildman–Crippen LogP) is 3.93. The van der Waals surface area contributed by atoms with Gasteiger partial charge in [-0.25, -0.2) is 0 Å². The first-order valence-corrected chi connectivity index (χ1v) is 10.3. The molecular weight excluding hydrogens is 378 g/mol. The molecule has 1 fully saturated rings. The summed E-state index contributed by atoms with van der Waals surface area (Å²) in [6, 6.07) is 12.4. The van der Waals surface area contributed by atoms with Crippen molar-refractivity contribution < 1.29 is 0 Å². The van der Waals surface area contributed by atoms with E-state index in [1.807, 2.05) is 0 Å². The summed E-state index contributed by atoms with van der Waals surface area (Å²) in [5.41, 5.74) is 3.45. The number of aromatic nitrogens is 3. The maximum absolute atomic E-state index is 6.04. The number of halogens is 1. The Kier molecular flexibility index (Phi) is 5.66. The van der Waals surface area contributed by atoms with Crippen molar-refractivity contribution in [1.82, 2.24) is 19.2 Å². The number of rotatable bonds is 5. The molecule has 7 heteroatoms. The third-order valence-corrected chi connectivity index (χ3v) is 5.86. The van der Waals surface area contributed by atoms with E-state index < -0.39 is 0 Å². The maximum Gasteiger partial charge on any atom is 0.205 e. The zero-order chi connectivity index (χ0) is 18.6. The highest BCUT2D eigenvalue weighted by molar-refractivity contribution is 7.09. The third kappa shape index (κ3) is 4.64. The van der Waals surface area contributed by atoms with Crippen LogP contribution in [0.2, 0.25) is 5.02 Å². The van der Waals surface area contributed by atoms with Gasteiger partial charge in [-0.3, -0.25) is 9.88 Å². The lowest BCUT2D eigenvalue weighted by molar-refractivity contribution is 0.261. The Morgan fingerprint density at radius 1 is 1.07 bits per heavy atom. The topological polar surface area (TPSA) is 45.2 Å². The number of anilines is 1. The summed E-state index contributed by atoms with van der Waals surface area (Å²) in [6.07, 6.45) is 2.79. The summed E-state index contributed by atoms with van der Waals surface area (Å²) in [7, 11) is 0. The second-order valence-corrected chi connectivity index (χ2v) is 7.99. The monoisotopic (exact) mass is 399 g/mol. The molecule has 140 valence electrons. The van der Waals surface area contributed by atoms with E-state index in [1.165, 1.54) is 22.7 Å². The van der Waals surface area contributed by atoms with Crippen molar-refractivity contribution in [2.75, 3.05) is 37.6 Å². The lowest BCUT2D eigenvalue weighted by Gasteiger charge is -2.34. The Bertz CT molecular complexity index is 887. The quantitative estimate of drug-likeness (QED) is 0.650. The predicted molar refractivity (Wildman–Crippen MR) is 112 cm³/mol. The van der Waals surface area contributed by atoms with Gasteiger partial charge in [0.25, 0.3) is 0 Å². The minimum atomic E-state index is 0.651. The molecule has 0 aliphatic carbocycles. The first kappa shape index (κ1) is 18.3. The molecule has 0 bridgehead atoms. The molecule has 0 N–H and O–H groups in total. The van der Waals surface area contributed by atoms with E-state index in [9.17, 15) is 0 Å². The van der Waals surface area contributed by atoms with Crippen molar-refractivity contribution in [3.05, 3.63) is 58.7 Å². The molecule has 1 saturated heterocycles. The summed E-state index contributed by atoms with van der Waals surface area (Å²) < 4.78 is 4.46. The minimum absolute atomic E-state index is 0.651. The van der Waals surface area contributed by atoms with Crippen molar-refractivity contribution in [3.63, 3.8) is 0 Å². The maximum atomic E-state index is 6.04. The number of aryl methyl sites for hydroxylation is 1. The smallest absolute Gasteiger partial charge is 0.205 e. The zero-order valence-electron chi connectivity index (χ0n) is 15.3. The van der Waals surface area contributed by atoms with E-state index in [0.29, 0.717) is 10.8 Å². The van der Waals surface area contributed by atoms with Crippen LogP contribution in [0.4, 0.5) is 5.13 Å². The van der Waals surface area contributed by atoms with Crippen LogP contribution in [0.5, 0.6) is 0 Å². The number of hydrogen-bond acceptors (Lipinski definition) is 6. The molecule has 1 aliphatic rings. The Morgan fingerprint density at radius 2 is 1.85 bits per heavy atom. The van der Waals surface area contributed by atoms with Gasteiger partial charge in [-0.1, -0.05) is 41.4 Å². The highest BCUT2D eigenvalue weighted by atomic mass is 35.5. The Labute approximate surface area is 168 Å². The average Bonchev–Trinajstić information content (AvgIpc) is 3.18. The van der Waals surface area contributed by atoms with Crippen molar-refractivity contribution in [3.8, 4) is 11.5 Å². The largest absolute Gasteiger partial charge is 0.344 e. The van der Waals surface area contributed by atoms with Gasteiger partial charge < -0.3 is 4.90 Å². The van der Waals surface area contributed by atoms with Crippen molar-refractivity contribution >= 4 is 28.3 Å². The van der Waals surface area contributed by atoms with Gasteiger partial charge in [0.05, 0.1) is 0 Å². The van der Waals surface area contributed by atoms with E-state index >= 15 is 0 Å². The van der Waals surface area contributed by atoms with Gasteiger partial charge in [-0.05, 0) is 31.0 Å². The molecular formula is C20H22ClN5S. The van der Waals surface area contributed by atoms with Crippen LogP contribution in [0.1, 0.15) is 11.1 Å². The first-order valence-electron chi connectivity index (χ1n) is 9.16. The Hall–Kier alpha value is -2.02. The summed E-state index contributed by atoms with van der Waals surface area (Å²) in [5, 5.41) is 1.61. The van der Waals surface area contributed by atoms with Crippen LogP contribution in [-0.2, 0) is 6.42 Å². The van der Waals surface area contributed by atoms with Crippen LogP contribution in [0.15, 0.2) is 42.6 Å². The molecule has 1 aliphatic heterocycles. The molecule has 0 amide bonds. The second kappa shape index (κ2) is 8.33. The average molecular weight is 400 g/mol. The lowest BCUT2D eigenvalue weighted by Crippen LogP contribution is -2.47. The van der Waals surface area contributed by atoms with Crippen molar-refractivity contribution in [2.45, 2.75) is 13.3 Å². The number of pyridine rings is 1. The molecule has 0 saturated carbocycles. The highest BCUT2D eigenvalue weighted by Crippen LogP contribution is 2.25. The zero-order valence-corrected chi connectivity index (χ0v) is 16.9. The van der Waals surface area contributed by atoms with Gasteiger partial charge in [0.15, 0.2) is 5.82 Å². The molecule has 3 aromatic rings. The van der Waals surface area contributed by atoms with Gasteiger partial charge in [-0.15, -0.1) is 0 Å². The van der Waals surface area contributed by atoms with E-state index in [4.69, 9.17) is 11.6 Å². The second-order valence-electron chi connectivity index (χ2n) is 6.82. The van der Waals surface area contributed by atoms with Gasteiger partial charge in [0.1, 0.15) is 5.69 Å². The Morgan fingerprint density at radius 3 is 2.59 bits per heavy atom. The molecule has 1 aromatic carbocycles. The molecule has 2 aromatic heterocycles. The third-order valence-electron chi connectivity index (χ3n) is 4.85. The van der Waals surface area contributed by atoms with E-state index in [0.717, 1.165) is 50.0 Å². The first-order chi connectivity index (χ1) is 13.2. The highest BCUT2D eigenvalue weighted by Gasteiger charge is 2.20. The van der Waals surface area contributed by atoms with E-state index in [1.54, 1.807) is 18.3 Å². The summed E-state index contributed by atoms with van der Waals surface area (Å²) in [5.74, 6) is 0.652. The van der Waals surface area contributed by atoms with Gasteiger partial charge in [-0.2, -0.15) is 9.36 Å². The number of hydrogen-bond donors (Lipinski definition) is 0. The minimum Gasteiger partial charge on any atom is -0.344 e. The van der Waals surface area contributed by atoms with Gasteiger partial charge >= 0.3 is 0 Å². The van der Waals surface area contributed by atoms with Gasteiger partial charge in [0.2, 0.25) is 5.13 Å². The lowest BCUT2D eigenvalue weighted by atomic mass is 10.1. The molecule has 0 unspecified atom stereocenters. The fraction of sp³-hybridized carbons (Fsp3) is 0.350. The van der Waals surface area contributed by atoms with Crippen LogP contribution in [0.3, 0.4) is 0 Å². The molecule has 0 spiro atoms. The van der Waals surface area contributed by atoms with Crippen LogP contribution >= 0.6 is 23.1 Å². The molecule has 3 heterocycles. The molecule has 5 nitrogen and oxygen atoms in total. The Balaban J connectivity index is 1.31. The molecule has 4 rings (SSSR count). The molecule has 0 radical (unpaired) electrons. The normalized spacial score (nSPS) is 15.3. The van der Waals surface area contributed by atoms with Crippen molar-refractivity contribution in [2.24, 2.45) is 0 Å². The fourth-order valence-corrected chi connectivity index (χ4v) is 4.07. The standard InChI is InChI=1S/C20H22ClN5S/c1-15-2-4-16(5-3-15)7-9-25-10-12-26(13-11-25)20-23-19(24-27-20)18-14-17(21)6-8-22-18/h2-6,8,14H,7,9-13H2,1H3. The van der Waals surface area contributed by atoms with Crippen LogP contribution in [0.25, 0.3) is 11.5 Å². The number of piperazine rings is 1. The summed E-state index contributed by atoms with van der Waals surface area (Å²) >= 11 is 7.47. The van der Waals surface area contributed by atoms with Crippen LogP contribution < -0.4 is 4.90 Å². The van der Waals surface area contributed by atoms with Crippen molar-refractivity contribution in [1.29, 1.82) is 0 Å². The van der Waals surface area contributed by atoms with E-state index in [-0.39, 0.29) is 0 Å². The fourth-order valence-electron chi connectivity index (χ4n) is 3.18. The van der Waals surface area contributed by atoms with Crippen LogP contribution in [0, 0.1) is 6.92 Å². The summed E-state index contributed by atoms with van der Waals surface area (Å²) in [4.78, 5) is 13.8. The number of nitrogens with zero attached hydrogens (tertiary/aromatic N) is 5.